The zero-order valence-electron chi connectivity index (χ0n) is 14.5. The van der Waals surface area contributed by atoms with Crippen molar-refractivity contribution in [1.82, 2.24) is 19.8 Å². The molecule has 0 bridgehead atoms. The normalized spacial score (nSPS) is 20.1. The molecule has 0 saturated carbocycles. The molecule has 0 radical (unpaired) electrons. The van der Waals surface area contributed by atoms with Crippen molar-refractivity contribution in [3.63, 3.8) is 0 Å². The van der Waals surface area contributed by atoms with Crippen LogP contribution in [0.1, 0.15) is 11.3 Å². The fourth-order valence-electron chi connectivity index (χ4n) is 3.06. The van der Waals surface area contributed by atoms with E-state index >= 15 is 0 Å². The molecule has 2 N–H and O–H groups in total. The minimum Gasteiger partial charge on any atom is -0.390 e. The van der Waals surface area contributed by atoms with Gasteiger partial charge >= 0.3 is 6.03 Å². The number of anilines is 1. The molecule has 0 unspecified atom stereocenters. The minimum atomic E-state index is -0.593. The summed E-state index contributed by atoms with van der Waals surface area (Å²) in [5, 5.41) is 13.3. The predicted octanol–water partition coefficient (Wildman–Crippen LogP) is 1.49. The standard InChI is InChI=1S/C18H23N5O2/c1-13-5-3-4-6-15(13)21-18(25)23-11-16(17(24)12-23)22(2)10-14-9-19-7-8-20-14/h3-9,16-17,24H,10-12H2,1-2H3,(H,21,25)/t16-,17-/m1/s1. The Kier molecular flexibility index (Phi) is 5.25. The molecule has 2 heterocycles. The summed E-state index contributed by atoms with van der Waals surface area (Å²) in [6.45, 7) is 3.30. The second-order valence-corrected chi connectivity index (χ2v) is 6.40. The highest BCUT2D eigenvalue weighted by molar-refractivity contribution is 5.90. The minimum absolute atomic E-state index is 0.135. The number of aliphatic hydroxyl groups is 1. The van der Waals surface area contributed by atoms with Gasteiger partial charge in [-0.25, -0.2) is 4.79 Å². The SMILES string of the molecule is Cc1ccccc1NC(=O)N1C[C@@H](O)[C@H](N(C)Cc2cnccn2)C1. The number of rotatable bonds is 4. The molecule has 1 aliphatic heterocycles. The van der Waals surface area contributed by atoms with Crippen LogP contribution >= 0.6 is 0 Å². The third kappa shape index (κ3) is 4.12. The van der Waals surface area contributed by atoms with E-state index in [2.05, 4.69) is 15.3 Å². The van der Waals surface area contributed by atoms with Crippen LogP contribution in [-0.2, 0) is 6.54 Å². The van der Waals surface area contributed by atoms with Gasteiger partial charge in [0, 0.05) is 37.4 Å². The number of carbonyl (C=O) groups excluding carboxylic acids is 1. The molecule has 1 aromatic heterocycles. The fourth-order valence-corrected chi connectivity index (χ4v) is 3.06. The van der Waals surface area contributed by atoms with Crippen molar-refractivity contribution in [2.75, 3.05) is 25.5 Å². The molecule has 2 aromatic rings. The Labute approximate surface area is 147 Å². The van der Waals surface area contributed by atoms with E-state index in [1.807, 2.05) is 43.1 Å². The summed E-state index contributed by atoms with van der Waals surface area (Å²) in [7, 11) is 1.92. The monoisotopic (exact) mass is 341 g/mol. The number of urea groups is 1. The average molecular weight is 341 g/mol. The van der Waals surface area contributed by atoms with Gasteiger partial charge in [-0.15, -0.1) is 0 Å². The zero-order chi connectivity index (χ0) is 17.8. The number of aryl methyl sites for hydroxylation is 1. The van der Waals surface area contributed by atoms with E-state index in [-0.39, 0.29) is 12.1 Å². The Morgan fingerprint density at radius 1 is 1.36 bits per heavy atom. The van der Waals surface area contributed by atoms with Gasteiger partial charge < -0.3 is 15.3 Å². The van der Waals surface area contributed by atoms with Gasteiger partial charge in [-0.1, -0.05) is 18.2 Å². The summed E-state index contributed by atoms with van der Waals surface area (Å²) in [4.78, 5) is 24.5. The lowest BCUT2D eigenvalue weighted by Gasteiger charge is -2.25. The number of para-hydroxylation sites is 1. The quantitative estimate of drug-likeness (QED) is 0.881. The second-order valence-electron chi connectivity index (χ2n) is 6.40. The Balaban J connectivity index is 1.60. The molecule has 132 valence electrons. The largest absolute Gasteiger partial charge is 0.390 e. The van der Waals surface area contributed by atoms with Crippen molar-refractivity contribution in [3.8, 4) is 0 Å². The van der Waals surface area contributed by atoms with Gasteiger partial charge in [0.15, 0.2) is 0 Å². The molecular formula is C18H23N5O2. The molecule has 1 saturated heterocycles. The van der Waals surface area contributed by atoms with Crippen LogP contribution in [0, 0.1) is 6.92 Å². The summed E-state index contributed by atoms with van der Waals surface area (Å²) < 4.78 is 0. The van der Waals surface area contributed by atoms with E-state index in [9.17, 15) is 9.90 Å². The molecule has 7 heteroatoms. The fraction of sp³-hybridized carbons (Fsp3) is 0.389. The predicted molar refractivity (Wildman–Crippen MR) is 95.1 cm³/mol. The van der Waals surface area contributed by atoms with Crippen LogP contribution in [-0.4, -0.2) is 63.2 Å². The van der Waals surface area contributed by atoms with Gasteiger partial charge in [-0.2, -0.15) is 0 Å². The number of β-amino-alcohol motifs (C(OH)–C–C–N with tert-alkyl or cyclic N) is 1. The van der Waals surface area contributed by atoms with E-state index in [1.165, 1.54) is 0 Å². The van der Waals surface area contributed by atoms with Crippen LogP contribution < -0.4 is 5.32 Å². The lowest BCUT2D eigenvalue weighted by atomic mass is 10.2. The Morgan fingerprint density at radius 2 is 2.16 bits per heavy atom. The first kappa shape index (κ1) is 17.3. The highest BCUT2D eigenvalue weighted by Gasteiger charge is 2.36. The van der Waals surface area contributed by atoms with Gasteiger partial charge in [0.1, 0.15) is 0 Å². The Morgan fingerprint density at radius 3 is 2.88 bits per heavy atom. The van der Waals surface area contributed by atoms with E-state index in [0.717, 1.165) is 16.9 Å². The lowest BCUT2D eigenvalue weighted by molar-refractivity contribution is 0.0944. The molecule has 2 amide bonds. The second kappa shape index (κ2) is 7.58. The molecule has 3 rings (SSSR count). The number of nitrogens with zero attached hydrogens (tertiary/aromatic N) is 4. The summed E-state index contributed by atoms with van der Waals surface area (Å²) in [5.74, 6) is 0. The summed E-state index contributed by atoms with van der Waals surface area (Å²) >= 11 is 0. The van der Waals surface area contributed by atoms with Crippen molar-refractivity contribution in [3.05, 3.63) is 54.1 Å². The Bertz CT molecular complexity index is 724. The number of nitrogens with one attached hydrogen (secondary N) is 1. The molecule has 0 spiro atoms. The van der Waals surface area contributed by atoms with Crippen LogP contribution in [0.25, 0.3) is 0 Å². The molecule has 1 aromatic carbocycles. The van der Waals surface area contributed by atoms with Crippen molar-refractivity contribution >= 4 is 11.7 Å². The molecule has 25 heavy (non-hydrogen) atoms. The van der Waals surface area contributed by atoms with Gasteiger partial charge in [0.2, 0.25) is 0 Å². The first-order chi connectivity index (χ1) is 12.0. The number of hydrogen-bond donors (Lipinski definition) is 2. The van der Waals surface area contributed by atoms with Crippen LogP contribution in [0.4, 0.5) is 10.5 Å². The third-order valence-electron chi connectivity index (χ3n) is 4.53. The average Bonchev–Trinajstić information content (AvgIpc) is 3.00. The lowest BCUT2D eigenvalue weighted by Crippen LogP contribution is -2.41. The van der Waals surface area contributed by atoms with Crippen molar-refractivity contribution in [1.29, 1.82) is 0 Å². The van der Waals surface area contributed by atoms with Gasteiger partial charge in [-0.05, 0) is 25.6 Å². The number of aliphatic hydroxyl groups excluding tert-OH is 1. The highest BCUT2D eigenvalue weighted by Crippen LogP contribution is 2.19. The number of likely N-dealkylation sites (N-methyl/N-ethyl adjacent to an activating group) is 1. The van der Waals surface area contributed by atoms with E-state index in [4.69, 9.17) is 0 Å². The highest BCUT2D eigenvalue weighted by atomic mass is 16.3. The number of likely N-dealkylation sites (tertiary alicyclic amines) is 1. The molecule has 0 aliphatic carbocycles. The number of carbonyl (C=O) groups is 1. The summed E-state index contributed by atoms with van der Waals surface area (Å²) in [6.07, 6.45) is 4.40. The number of benzene rings is 1. The summed E-state index contributed by atoms with van der Waals surface area (Å²) in [6, 6.07) is 7.32. The van der Waals surface area contributed by atoms with E-state index in [0.29, 0.717) is 19.6 Å². The van der Waals surface area contributed by atoms with Gasteiger partial charge in [0.25, 0.3) is 0 Å². The van der Waals surface area contributed by atoms with Crippen LogP contribution in [0.15, 0.2) is 42.9 Å². The van der Waals surface area contributed by atoms with E-state index in [1.54, 1.807) is 23.5 Å². The van der Waals surface area contributed by atoms with Crippen molar-refractivity contribution in [2.45, 2.75) is 25.6 Å². The first-order valence-corrected chi connectivity index (χ1v) is 8.29. The maximum absolute atomic E-state index is 12.5. The Hall–Kier alpha value is -2.51. The maximum Gasteiger partial charge on any atom is 0.321 e. The first-order valence-electron chi connectivity index (χ1n) is 8.29. The zero-order valence-corrected chi connectivity index (χ0v) is 14.5. The third-order valence-corrected chi connectivity index (χ3v) is 4.53. The smallest absolute Gasteiger partial charge is 0.321 e. The van der Waals surface area contributed by atoms with Crippen LogP contribution in [0.2, 0.25) is 0 Å². The number of amides is 2. The van der Waals surface area contributed by atoms with Gasteiger partial charge in [-0.3, -0.25) is 14.9 Å². The van der Waals surface area contributed by atoms with Crippen LogP contribution in [0.5, 0.6) is 0 Å². The van der Waals surface area contributed by atoms with E-state index < -0.39 is 6.10 Å². The topological polar surface area (TPSA) is 81.6 Å². The van der Waals surface area contributed by atoms with Crippen molar-refractivity contribution < 1.29 is 9.90 Å². The van der Waals surface area contributed by atoms with Crippen molar-refractivity contribution in [2.24, 2.45) is 0 Å². The molecule has 7 nitrogen and oxygen atoms in total. The van der Waals surface area contributed by atoms with Crippen LogP contribution in [0.3, 0.4) is 0 Å². The number of aromatic nitrogens is 2. The molecular weight excluding hydrogens is 318 g/mol. The molecule has 1 aliphatic rings. The molecule has 1 fully saturated rings. The van der Waals surface area contributed by atoms with Gasteiger partial charge in [0.05, 0.1) is 24.4 Å². The summed E-state index contributed by atoms with van der Waals surface area (Å²) in [5.41, 5.74) is 2.63. The maximum atomic E-state index is 12.5. The molecule has 2 atom stereocenters. The number of hydrogen-bond acceptors (Lipinski definition) is 5.